The molecule has 1 aliphatic heterocycles. The van der Waals surface area contributed by atoms with Gasteiger partial charge in [-0.2, -0.15) is 9.97 Å². The predicted molar refractivity (Wildman–Crippen MR) is 81.1 cm³/mol. The molecule has 2 heterocycles. The van der Waals surface area contributed by atoms with Crippen LogP contribution in [-0.4, -0.2) is 49.9 Å². The average Bonchev–Trinajstić information content (AvgIpc) is 3.37. The fourth-order valence-corrected chi connectivity index (χ4v) is 2.87. The third-order valence-electron chi connectivity index (χ3n) is 4.18. The summed E-state index contributed by atoms with van der Waals surface area (Å²) in [6.07, 6.45) is 4.98. The Morgan fingerprint density at radius 1 is 1.19 bits per heavy atom. The predicted octanol–water partition coefficient (Wildman–Crippen LogP) is 1.46. The number of nitrogens with zero attached hydrogens (tertiary/aromatic N) is 3. The average molecular weight is 292 g/mol. The van der Waals surface area contributed by atoms with Crippen LogP contribution in [0, 0.1) is 5.92 Å². The molecule has 0 amide bonds. The van der Waals surface area contributed by atoms with Gasteiger partial charge < -0.3 is 19.7 Å². The van der Waals surface area contributed by atoms with E-state index in [-0.39, 0.29) is 0 Å². The van der Waals surface area contributed by atoms with Gasteiger partial charge in [0.2, 0.25) is 17.7 Å². The molecule has 1 N–H and O–H groups in total. The molecule has 1 aliphatic carbocycles. The minimum absolute atomic E-state index is 0.560. The molecule has 6 heteroatoms. The first-order valence-electron chi connectivity index (χ1n) is 7.74. The van der Waals surface area contributed by atoms with Crippen molar-refractivity contribution in [1.82, 2.24) is 15.3 Å². The lowest BCUT2D eigenvalue weighted by atomic mass is 9.99. The highest BCUT2D eigenvalue weighted by molar-refractivity contribution is 5.39. The van der Waals surface area contributed by atoms with Crippen molar-refractivity contribution in [3.8, 4) is 11.8 Å². The second-order valence-electron chi connectivity index (χ2n) is 5.85. The van der Waals surface area contributed by atoms with E-state index in [0.717, 1.165) is 25.6 Å². The van der Waals surface area contributed by atoms with Crippen LogP contribution in [0.2, 0.25) is 0 Å². The second kappa shape index (κ2) is 6.47. The van der Waals surface area contributed by atoms with E-state index in [1.807, 2.05) is 0 Å². The highest BCUT2D eigenvalue weighted by Crippen LogP contribution is 2.33. The molecule has 2 fully saturated rings. The van der Waals surface area contributed by atoms with Crippen molar-refractivity contribution in [2.45, 2.75) is 31.7 Å². The van der Waals surface area contributed by atoms with Crippen molar-refractivity contribution in [3.63, 3.8) is 0 Å². The number of aromatic nitrogens is 2. The van der Waals surface area contributed by atoms with Crippen LogP contribution in [0.15, 0.2) is 6.07 Å². The van der Waals surface area contributed by atoms with Crippen LogP contribution in [0.1, 0.15) is 25.7 Å². The zero-order valence-electron chi connectivity index (χ0n) is 12.8. The maximum atomic E-state index is 5.27. The molecular formula is C15H24N4O2. The first kappa shape index (κ1) is 14.4. The lowest BCUT2D eigenvalue weighted by Gasteiger charge is -2.30. The van der Waals surface area contributed by atoms with Gasteiger partial charge in [0.1, 0.15) is 0 Å². The summed E-state index contributed by atoms with van der Waals surface area (Å²) in [4.78, 5) is 11.4. The molecular weight excluding hydrogens is 268 g/mol. The van der Waals surface area contributed by atoms with Gasteiger partial charge in [0.25, 0.3) is 0 Å². The number of hydrogen-bond acceptors (Lipinski definition) is 6. The molecule has 1 unspecified atom stereocenters. The molecule has 21 heavy (non-hydrogen) atoms. The zero-order chi connectivity index (χ0) is 14.7. The van der Waals surface area contributed by atoms with Gasteiger partial charge in [0.05, 0.1) is 20.3 Å². The molecule has 2 aliphatic rings. The minimum Gasteiger partial charge on any atom is -0.481 e. The Balaban J connectivity index is 1.79. The van der Waals surface area contributed by atoms with E-state index in [0.29, 0.717) is 23.7 Å². The smallest absolute Gasteiger partial charge is 0.232 e. The third kappa shape index (κ3) is 3.56. The number of hydrogen-bond donors (Lipinski definition) is 1. The summed E-state index contributed by atoms with van der Waals surface area (Å²) in [6.45, 7) is 3.24. The van der Waals surface area contributed by atoms with E-state index in [1.165, 1.54) is 25.7 Å². The monoisotopic (exact) mass is 292 g/mol. The van der Waals surface area contributed by atoms with E-state index in [2.05, 4.69) is 20.2 Å². The Morgan fingerprint density at radius 2 is 1.90 bits per heavy atom. The Labute approximate surface area is 125 Å². The molecule has 6 nitrogen and oxygen atoms in total. The van der Waals surface area contributed by atoms with Crippen LogP contribution >= 0.6 is 0 Å². The van der Waals surface area contributed by atoms with Gasteiger partial charge in [-0.1, -0.05) is 0 Å². The standard InChI is InChI=1S/C15H24N4O2/c1-20-13-8-14(21-2)18-15(17-13)19(12-5-6-12)10-11-4-3-7-16-9-11/h8,11-12,16H,3-7,9-10H2,1-2H3. The van der Waals surface area contributed by atoms with Crippen LogP contribution in [0.3, 0.4) is 0 Å². The van der Waals surface area contributed by atoms with E-state index in [4.69, 9.17) is 9.47 Å². The Kier molecular flexibility index (Phi) is 4.43. The fraction of sp³-hybridized carbons (Fsp3) is 0.733. The summed E-state index contributed by atoms with van der Waals surface area (Å²) in [5.74, 6) is 2.52. The molecule has 0 aromatic carbocycles. The molecule has 1 atom stereocenters. The first-order chi connectivity index (χ1) is 10.3. The highest BCUT2D eigenvalue weighted by Gasteiger charge is 2.33. The van der Waals surface area contributed by atoms with Crippen molar-refractivity contribution < 1.29 is 9.47 Å². The molecule has 1 saturated carbocycles. The normalized spacial score (nSPS) is 21.9. The molecule has 1 aromatic heterocycles. The summed E-state index contributed by atoms with van der Waals surface area (Å²) >= 11 is 0. The van der Waals surface area contributed by atoms with E-state index in [9.17, 15) is 0 Å². The lowest BCUT2D eigenvalue weighted by molar-refractivity contribution is 0.362. The molecule has 3 rings (SSSR count). The maximum absolute atomic E-state index is 5.27. The van der Waals surface area contributed by atoms with Crippen molar-refractivity contribution in [3.05, 3.63) is 6.07 Å². The van der Waals surface area contributed by atoms with Crippen molar-refractivity contribution in [2.75, 3.05) is 38.8 Å². The number of rotatable bonds is 6. The van der Waals surface area contributed by atoms with Gasteiger partial charge >= 0.3 is 0 Å². The minimum atomic E-state index is 0.560. The van der Waals surface area contributed by atoms with E-state index < -0.39 is 0 Å². The van der Waals surface area contributed by atoms with E-state index in [1.54, 1.807) is 20.3 Å². The van der Waals surface area contributed by atoms with Gasteiger partial charge in [-0.25, -0.2) is 0 Å². The zero-order valence-corrected chi connectivity index (χ0v) is 12.8. The number of ether oxygens (including phenoxy) is 2. The van der Waals surface area contributed by atoms with E-state index >= 15 is 0 Å². The Morgan fingerprint density at radius 3 is 2.43 bits per heavy atom. The molecule has 1 saturated heterocycles. The van der Waals surface area contributed by atoms with Crippen molar-refractivity contribution in [1.29, 1.82) is 0 Å². The number of methoxy groups -OCH3 is 2. The first-order valence-corrected chi connectivity index (χ1v) is 7.74. The SMILES string of the molecule is COc1cc(OC)nc(N(CC2CCCNC2)C2CC2)n1. The van der Waals surface area contributed by atoms with Crippen LogP contribution in [0.25, 0.3) is 0 Å². The largest absolute Gasteiger partial charge is 0.481 e. The maximum Gasteiger partial charge on any atom is 0.232 e. The summed E-state index contributed by atoms with van der Waals surface area (Å²) in [5, 5.41) is 3.48. The number of piperidine rings is 1. The Hall–Kier alpha value is -1.56. The molecule has 0 radical (unpaired) electrons. The summed E-state index contributed by atoms with van der Waals surface area (Å²) in [6, 6.07) is 2.29. The summed E-state index contributed by atoms with van der Waals surface area (Å²) < 4.78 is 10.5. The van der Waals surface area contributed by atoms with Gasteiger partial charge in [-0.3, -0.25) is 0 Å². The quantitative estimate of drug-likeness (QED) is 0.856. The lowest BCUT2D eigenvalue weighted by Crippen LogP contribution is -2.40. The van der Waals surface area contributed by atoms with Crippen LogP contribution in [-0.2, 0) is 0 Å². The number of nitrogens with one attached hydrogen (secondary N) is 1. The van der Waals surface area contributed by atoms with Crippen molar-refractivity contribution >= 4 is 5.95 Å². The van der Waals surface area contributed by atoms with Crippen LogP contribution in [0.5, 0.6) is 11.8 Å². The molecule has 1 aromatic rings. The highest BCUT2D eigenvalue weighted by atomic mass is 16.5. The van der Waals surface area contributed by atoms with Gasteiger partial charge in [-0.15, -0.1) is 0 Å². The summed E-state index contributed by atoms with van der Waals surface area (Å²) in [5.41, 5.74) is 0. The molecule has 0 spiro atoms. The van der Waals surface area contributed by atoms with Gasteiger partial charge in [0.15, 0.2) is 0 Å². The van der Waals surface area contributed by atoms with Crippen LogP contribution in [0.4, 0.5) is 5.95 Å². The topological polar surface area (TPSA) is 59.5 Å². The van der Waals surface area contributed by atoms with Crippen molar-refractivity contribution in [2.24, 2.45) is 5.92 Å². The van der Waals surface area contributed by atoms with Gasteiger partial charge in [0, 0.05) is 12.6 Å². The van der Waals surface area contributed by atoms with Gasteiger partial charge in [-0.05, 0) is 44.7 Å². The number of anilines is 1. The third-order valence-corrected chi connectivity index (χ3v) is 4.18. The molecule has 0 bridgehead atoms. The molecule has 116 valence electrons. The Bertz CT molecular complexity index is 450. The van der Waals surface area contributed by atoms with Crippen LogP contribution < -0.4 is 19.7 Å². The second-order valence-corrected chi connectivity index (χ2v) is 5.85. The fourth-order valence-electron chi connectivity index (χ4n) is 2.87. The summed E-state index contributed by atoms with van der Waals surface area (Å²) in [7, 11) is 3.25.